The van der Waals surface area contributed by atoms with Gasteiger partial charge in [0, 0.05) is 0 Å². The van der Waals surface area contributed by atoms with E-state index < -0.39 is 17.9 Å². The first-order valence-corrected chi connectivity index (χ1v) is 3.41. The van der Waals surface area contributed by atoms with Crippen molar-refractivity contribution in [1.82, 2.24) is 0 Å². The molecule has 0 heterocycles. The standard InChI is InChI=1S/C7H5BF4O/c8-4-2-1-3-5(6(4)9)13-7(10,11)12/h1-3H,8H2. The monoisotopic (exact) mass is 192 g/mol. The zero-order chi connectivity index (χ0) is 10.1. The van der Waals surface area contributed by atoms with Gasteiger partial charge < -0.3 is 4.74 Å². The zero-order valence-electron chi connectivity index (χ0n) is 6.65. The first kappa shape index (κ1) is 9.89. The van der Waals surface area contributed by atoms with Crippen molar-refractivity contribution in [1.29, 1.82) is 0 Å². The number of hydrogen-bond acceptors (Lipinski definition) is 1. The van der Waals surface area contributed by atoms with Gasteiger partial charge in [0.2, 0.25) is 0 Å². The van der Waals surface area contributed by atoms with Gasteiger partial charge in [-0.3, -0.25) is 0 Å². The SMILES string of the molecule is Bc1cccc(OC(F)(F)F)c1F. The Morgan fingerprint density at radius 3 is 2.38 bits per heavy atom. The molecule has 0 saturated carbocycles. The summed E-state index contributed by atoms with van der Waals surface area (Å²) in [4.78, 5) is 0. The summed E-state index contributed by atoms with van der Waals surface area (Å²) in [5, 5.41) is 0. The van der Waals surface area contributed by atoms with Gasteiger partial charge in [0.25, 0.3) is 0 Å². The maximum Gasteiger partial charge on any atom is 0.573 e. The summed E-state index contributed by atoms with van der Waals surface area (Å²) in [5.41, 5.74) is 0.113. The van der Waals surface area contributed by atoms with Crippen molar-refractivity contribution in [2.45, 2.75) is 6.36 Å². The fourth-order valence-corrected chi connectivity index (χ4v) is 0.824. The van der Waals surface area contributed by atoms with Gasteiger partial charge in [-0.25, -0.2) is 4.39 Å². The van der Waals surface area contributed by atoms with E-state index in [0.29, 0.717) is 0 Å². The second kappa shape index (κ2) is 3.28. The summed E-state index contributed by atoms with van der Waals surface area (Å²) >= 11 is 0. The molecule has 0 aliphatic carbocycles. The third kappa shape index (κ3) is 2.64. The van der Waals surface area contributed by atoms with Crippen molar-refractivity contribution < 1.29 is 22.3 Å². The lowest BCUT2D eigenvalue weighted by molar-refractivity contribution is -0.275. The van der Waals surface area contributed by atoms with Crippen LogP contribution in [0.25, 0.3) is 0 Å². The summed E-state index contributed by atoms with van der Waals surface area (Å²) in [6, 6.07) is 3.58. The number of alkyl halides is 3. The maximum atomic E-state index is 12.9. The predicted molar refractivity (Wildman–Crippen MR) is 41.3 cm³/mol. The van der Waals surface area contributed by atoms with E-state index in [1.54, 1.807) is 0 Å². The largest absolute Gasteiger partial charge is 0.573 e. The Balaban J connectivity index is 2.96. The van der Waals surface area contributed by atoms with Gasteiger partial charge in [0.15, 0.2) is 11.6 Å². The van der Waals surface area contributed by atoms with E-state index in [9.17, 15) is 17.6 Å². The van der Waals surface area contributed by atoms with Crippen molar-refractivity contribution in [3.8, 4) is 5.75 Å². The van der Waals surface area contributed by atoms with Crippen molar-refractivity contribution in [3.05, 3.63) is 24.0 Å². The second-order valence-corrected chi connectivity index (χ2v) is 2.43. The van der Waals surface area contributed by atoms with Gasteiger partial charge in [0.1, 0.15) is 7.85 Å². The molecule has 0 aliphatic rings. The molecule has 70 valence electrons. The van der Waals surface area contributed by atoms with Gasteiger partial charge in [-0.1, -0.05) is 17.6 Å². The van der Waals surface area contributed by atoms with E-state index in [2.05, 4.69) is 4.74 Å². The molecule has 0 fully saturated rings. The van der Waals surface area contributed by atoms with Crippen LogP contribution >= 0.6 is 0 Å². The molecular formula is C7H5BF4O. The highest BCUT2D eigenvalue weighted by molar-refractivity contribution is 6.32. The number of ether oxygens (including phenoxy) is 1. The molecule has 0 unspecified atom stereocenters. The van der Waals surface area contributed by atoms with Crippen LogP contribution in [0.3, 0.4) is 0 Å². The van der Waals surface area contributed by atoms with Crippen molar-refractivity contribution in [2.24, 2.45) is 0 Å². The molecule has 0 aliphatic heterocycles. The highest BCUT2D eigenvalue weighted by atomic mass is 19.4. The second-order valence-electron chi connectivity index (χ2n) is 2.43. The molecule has 0 spiro atoms. The topological polar surface area (TPSA) is 9.23 Å². The summed E-state index contributed by atoms with van der Waals surface area (Å²) in [6.07, 6.45) is -4.85. The van der Waals surface area contributed by atoms with Gasteiger partial charge in [-0.05, 0) is 6.07 Å². The molecule has 0 amide bonds. The first-order valence-electron chi connectivity index (χ1n) is 3.41. The first-order chi connectivity index (χ1) is 5.90. The Morgan fingerprint density at radius 1 is 1.23 bits per heavy atom. The molecule has 6 heteroatoms. The average molecular weight is 192 g/mol. The molecule has 1 aromatic carbocycles. The van der Waals surface area contributed by atoms with Gasteiger partial charge >= 0.3 is 6.36 Å². The molecule has 0 bridgehead atoms. The highest BCUT2D eigenvalue weighted by Crippen LogP contribution is 2.23. The van der Waals surface area contributed by atoms with Crippen molar-refractivity contribution in [2.75, 3.05) is 0 Å². The number of halogens is 4. The van der Waals surface area contributed by atoms with Crippen LogP contribution in [-0.2, 0) is 0 Å². The Hall–Kier alpha value is -1.20. The van der Waals surface area contributed by atoms with Crippen LogP contribution in [0, 0.1) is 5.82 Å². The van der Waals surface area contributed by atoms with E-state index in [4.69, 9.17) is 0 Å². The maximum absolute atomic E-state index is 12.9. The molecule has 1 aromatic rings. The summed E-state index contributed by atoms with van der Waals surface area (Å²) in [6.45, 7) is 0. The highest BCUT2D eigenvalue weighted by Gasteiger charge is 2.32. The van der Waals surface area contributed by atoms with Crippen LogP contribution in [-0.4, -0.2) is 14.2 Å². The number of rotatable bonds is 1. The fourth-order valence-electron chi connectivity index (χ4n) is 0.824. The quantitative estimate of drug-likeness (QED) is 0.476. The van der Waals surface area contributed by atoms with Crippen molar-refractivity contribution in [3.63, 3.8) is 0 Å². The lowest BCUT2D eigenvalue weighted by Crippen LogP contribution is -2.20. The molecule has 1 nitrogen and oxygen atoms in total. The molecule has 0 aromatic heterocycles. The number of benzene rings is 1. The van der Waals surface area contributed by atoms with Gasteiger partial charge in [-0.15, -0.1) is 13.2 Å². The zero-order valence-corrected chi connectivity index (χ0v) is 6.65. The van der Waals surface area contributed by atoms with E-state index in [1.807, 2.05) is 0 Å². The Bertz CT molecular complexity index is 310. The van der Waals surface area contributed by atoms with E-state index in [-0.39, 0.29) is 5.46 Å². The normalized spacial score (nSPS) is 11.4. The molecule has 0 radical (unpaired) electrons. The van der Waals surface area contributed by atoms with Gasteiger partial charge in [-0.2, -0.15) is 0 Å². The lowest BCUT2D eigenvalue weighted by atomic mass is 9.95. The summed E-state index contributed by atoms with van der Waals surface area (Å²) in [5.74, 6) is -1.78. The van der Waals surface area contributed by atoms with Crippen LogP contribution < -0.4 is 10.2 Å². The predicted octanol–water partition coefficient (Wildman–Crippen LogP) is 0.983. The minimum Gasteiger partial charge on any atom is -0.403 e. The Labute approximate surface area is 72.7 Å². The van der Waals surface area contributed by atoms with Crippen LogP contribution in [0.4, 0.5) is 17.6 Å². The smallest absolute Gasteiger partial charge is 0.403 e. The number of hydrogen-bond donors (Lipinski definition) is 0. The average Bonchev–Trinajstić information content (AvgIpc) is 1.96. The molecular weight excluding hydrogens is 187 g/mol. The molecule has 0 N–H and O–H groups in total. The third-order valence-corrected chi connectivity index (χ3v) is 1.38. The van der Waals surface area contributed by atoms with Crippen LogP contribution in [0.1, 0.15) is 0 Å². The Morgan fingerprint density at radius 2 is 1.85 bits per heavy atom. The van der Waals surface area contributed by atoms with E-state index in [1.165, 1.54) is 20.0 Å². The molecule has 0 atom stereocenters. The van der Waals surface area contributed by atoms with Crippen molar-refractivity contribution >= 4 is 13.3 Å². The fraction of sp³-hybridized carbons (Fsp3) is 0.143. The van der Waals surface area contributed by atoms with Crippen LogP contribution in [0.15, 0.2) is 18.2 Å². The van der Waals surface area contributed by atoms with Crippen LogP contribution in [0.2, 0.25) is 0 Å². The lowest BCUT2D eigenvalue weighted by Gasteiger charge is -2.10. The van der Waals surface area contributed by atoms with E-state index >= 15 is 0 Å². The third-order valence-electron chi connectivity index (χ3n) is 1.38. The molecule has 1 rings (SSSR count). The Kier molecular flexibility index (Phi) is 2.49. The van der Waals surface area contributed by atoms with Crippen LogP contribution in [0.5, 0.6) is 5.75 Å². The minimum atomic E-state index is -4.85. The summed E-state index contributed by atoms with van der Waals surface area (Å²) in [7, 11) is 1.36. The van der Waals surface area contributed by atoms with Gasteiger partial charge in [0.05, 0.1) is 0 Å². The molecule has 13 heavy (non-hydrogen) atoms. The minimum absolute atomic E-state index is 0.113. The van der Waals surface area contributed by atoms with E-state index in [0.717, 1.165) is 6.07 Å². The molecule has 0 saturated heterocycles. The summed E-state index contributed by atoms with van der Waals surface area (Å²) < 4.78 is 51.3.